The number of hydrogen-bond donors (Lipinski definition) is 1. The number of nitro groups is 1. The maximum absolute atomic E-state index is 12.1. The van der Waals surface area contributed by atoms with E-state index in [1.165, 1.54) is 19.1 Å². The van der Waals surface area contributed by atoms with Crippen molar-refractivity contribution in [3.8, 4) is 0 Å². The Morgan fingerprint density at radius 1 is 1.31 bits per heavy atom. The Bertz CT molecular complexity index is 765. The van der Waals surface area contributed by atoms with Crippen LogP contribution in [0.2, 0.25) is 0 Å². The molecule has 0 atom stereocenters. The highest BCUT2D eigenvalue weighted by atomic mass is 16.6. The Morgan fingerprint density at radius 2 is 2.00 bits per heavy atom. The first kappa shape index (κ1) is 19.4. The fraction of sp³-hybridized carbons (Fsp3) is 0.444. The van der Waals surface area contributed by atoms with Gasteiger partial charge < -0.3 is 15.0 Å². The third-order valence-electron chi connectivity index (χ3n) is 3.74. The average molecular weight is 361 g/mol. The van der Waals surface area contributed by atoms with Crippen molar-refractivity contribution >= 4 is 28.9 Å². The standard InChI is InChI=1S/C18H23N3O5/c1-12(22)19-15-6-5-14(11-16(15)21(24)25)13-7-9-20(10-8-13)17(23)26-18(2,3)4/h5-7,11H,8-10H2,1-4H3,(H,19,22). The van der Waals surface area contributed by atoms with E-state index in [1.54, 1.807) is 11.0 Å². The normalized spacial score (nSPS) is 14.5. The van der Waals surface area contributed by atoms with Gasteiger partial charge in [-0.15, -0.1) is 0 Å². The summed E-state index contributed by atoms with van der Waals surface area (Å²) in [5.74, 6) is -0.370. The van der Waals surface area contributed by atoms with Crippen LogP contribution in [0.5, 0.6) is 0 Å². The molecule has 1 aliphatic rings. The van der Waals surface area contributed by atoms with Gasteiger partial charge >= 0.3 is 6.09 Å². The largest absolute Gasteiger partial charge is 0.444 e. The van der Waals surface area contributed by atoms with Gasteiger partial charge in [-0.05, 0) is 44.4 Å². The Labute approximate surface area is 152 Å². The van der Waals surface area contributed by atoms with Crippen molar-refractivity contribution in [1.82, 2.24) is 4.90 Å². The lowest BCUT2D eigenvalue weighted by molar-refractivity contribution is -0.383. The molecular formula is C18H23N3O5. The second-order valence-corrected chi connectivity index (χ2v) is 7.08. The quantitative estimate of drug-likeness (QED) is 0.655. The zero-order valence-electron chi connectivity index (χ0n) is 15.4. The highest BCUT2D eigenvalue weighted by molar-refractivity contribution is 5.92. The zero-order chi connectivity index (χ0) is 19.5. The molecule has 0 radical (unpaired) electrons. The van der Waals surface area contributed by atoms with Crippen LogP contribution in [0.3, 0.4) is 0 Å². The van der Waals surface area contributed by atoms with Crippen LogP contribution in [0.4, 0.5) is 16.2 Å². The van der Waals surface area contributed by atoms with Gasteiger partial charge in [-0.25, -0.2) is 4.79 Å². The number of benzene rings is 1. The van der Waals surface area contributed by atoms with Crippen molar-refractivity contribution in [1.29, 1.82) is 0 Å². The fourth-order valence-electron chi connectivity index (χ4n) is 2.60. The van der Waals surface area contributed by atoms with E-state index in [-0.39, 0.29) is 23.4 Å². The van der Waals surface area contributed by atoms with Crippen molar-refractivity contribution in [3.63, 3.8) is 0 Å². The molecule has 8 nitrogen and oxygen atoms in total. The Kier molecular flexibility index (Phi) is 5.64. The molecule has 1 aliphatic heterocycles. The van der Waals surface area contributed by atoms with Crippen molar-refractivity contribution in [2.24, 2.45) is 0 Å². The molecule has 0 fully saturated rings. The predicted octanol–water partition coefficient (Wildman–Crippen LogP) is 3.58. The number of ether oxygens (including phenoxy) is 1. The number of carbonyl (C=O) groups is 2. The summed E-state index contributed by atoms with van der Waals surface area (Å²) in [6.45, 7) is 7.59. The summed E-state index contributed by atoms with van der Waals surface area (Å²) in [5.41, 5.74) is 1.07. The summed E-state index contributed by atoms with van der Waals surface area (Å²) in [5, 5.41) is 13.7. The first-order chi connectivity index (χ1) is 12.1. The molecule has 26 heavy (non-hydrogen) atoms. The maximum Gasteiger partial charge on any atom is 0.410 e. The van der Waals surface area contributed by atoms with Crippen LogP contribution in [0.25, 0.3) is 5.57 Å². The Hall–Kier alpha value is -2.90. The van der Waals surface area contributed by atoms with Gasteiger partial charge in [-0.1, -0.05) is 12.1 Å². The minimum atomic E-state index is -0.554. The molecule has 140 valence electrons. The molecule has 0 aliphatic carbocycles. The first-order valence-electron chi connectivity index (χ1n) is 8.30. The van der Waals surface area contributed by atoms with E-state index in [9.17, 15) is 19.7 Å². The molecular weight excluding hydrogens is 338 g/mol. The maximum atomic E-state index is 12.1. The van der Waals surface area contributed by atoms with Gasteiger partial charge in [0.1, 0.15) is 11.3 Å². The van der Waals surface area contributed by atoms with Crippen LogP contribution < -0.4 is 5.32 Å². The summed E-state index contributed by atoms with van der Waals surface area (Å²) in [7, 11) is 0. The Balaban J connectivity index is 2.17. The van der Waals surface area contributed by atoms with Crippen LogP contribution in [-0.4, -0.2) is 40.5 Å². The lowest BCUT2D eigenvalue weighted by Crippen LogP contribution is -2.39. The minimum absolute atomic E-state index is 0.159. The number of amides is 2. The van der Waals surface area contributed by atoms with Crippen molar-refractivity contribution in [2.45, 2.75) is 39.7 Å². The number of nitrogens with zero attached hydrogens (tertiary/aromatic N) is 2. The topological polar surface area (TPSA) is 102 Å². The molecule has 1 aromatic carbocycles. The number of nitrogens with one attached hydrogen (secondary N) is 1. The molecule has 0 saturated heterocycles. The molecule has 2 rings (SSSR count). The van der Waals surface area contributed by atoms with E-state index in [2.05, 4.69) is 5.32 Å². The molecule has 1 heterocycles. The highest BCUT2D eigenvalue weighted by Crippen LogP contribution is 2.31. The van der Waals surface area contributed by atoms with Crippen LogP contribution in [0, 0.1) is 10.1 Å². The average Bonchev–Trinajstić information content (AvgIpc) is 2.53. The second-order valence-electron chi connectivity index (χ2n) is 7.08. The number of carbonyl (C=O) groups excluding carboxylic acids is 2. The molecule has 0 saturated carbocycles. The van der Waals surface area contributed by atoms with Gasteiger partial charge in [-0.3, -0.25) is 14.9 Å². The second kappa shape index (κ2) is 7.55. The predicted molar refractivity (Wildman–Crippen MR) is 97.8 cm³/mol. The van der Waals surface area contributed by atoms with E-state index in [0.717, 1.165) is 5.57 Å². The molecule has 1 aromatic rings. The monoisotopic (exact) mass is 361 g/mol. The van der Waals surface area contributed by atoms with Crippen LogP contribution in [0.15, 0.2) is 24.3 Å². The highest BCUT2D eigenvalue weighted by Gasteiger charge is 2.24. The van der Waals surface area contributed by atoms with Crippen LogP contribution >= 0.6 is 0 Å². The molecule has 0 unspecified atom stereocenters. The van der Waals surface area contributed by atoms with Crippen molar-refractivity contribution < 1.29 is 19.2 Å². The summed E-state index contributed by atoms with van der Waals surface area (Å²) in [6.07, 6.45) is 2.06. The third-order valence-corrected chi connectivity index (χ3v) is 3.74. The summed E-state index contributed by atoms with van der Waals surface area (Å²) in [4.78, 5) is 35.6. The smallest absolute Gasteiger partial charge is 0.410 e. The van der Waals surface area contributed by atoms with Gasteiger partial charge in [0.25, 0.3) is 5.69 Å². The van der Waals surface area contributed by atoms with Crippen LogP contribution in [-0.2, 0) is 9.53 Å². The van der Waals surface area contributed by atoms with E-state index in [4.69, 9.17) is 4.74 Å². The van der Waals surface area contributed by atoms with E-state index in [0.29, 0.717) is 25.1 Å². The summed E-state index contributed by atoms with van der Waals surface area (Å²) >= 11 is 0. The fourth-order valence-corrected chi connectivity index (χ4v) is 2.60. The number of anilines is 1. The van der Waals surface area contributed by atoms with E-state index >= 15 is 0 Å². The molecule has 1 N–H and O–H groups in total. The van der Waals surface area contributed by atoms with Gasteiger partial charge in [0, 0.05) is 26.1 Å². The molecule has 2 amide bonds. The molecule has 8 heteroatoms. The Morgan fingerprint density at radius 3 is 2.50 bits per heavy atom. The number of hydrogen-bond acceptors (Lipinski definition) is 5. The molecule has 0 aromatic heterocycles. The third kappa shape index (κ3) is 5.05. The van der Waals surface area contributed by atoms with Gasteiger partial charge in [0.2, 0.25) is 5.91 Å². The van der Waals surface area contributed by atoms with E-state index in [1.807, 2.05) is 26.8 Å². The SMILES string of the molecule is CC(=O)Nc1ccc(C2=CCN(C(=O)OC(C)(C)C)CC2)cc1[N+](=O)[O-]. The first-order valence-corrected chi connectivity index (χ1v) is 8.30. The number of rotatable bonds is 3. The molecule has 0 bridgehead atoms. The zero-order valence-corrected chi connectivity index (χ0v) is 15.4. The van der Waals surface area contributed by atoms with Crippen molar-refractivity contribution in [3.05, 3.63) is 40.0 Å². The lowest BCUT2D eigenvalue weighted by atomic mass is 9.98. The van der Waals surface area contributed by atoms with Gasteiger partial charge in [0.15, 0.2) is 0 Å². The summed E-state index contributed by atoms with van der Waals surface area (Å²) in [6, 6.07) is 4.70. The lowest BCUT2D eigenvalue weighted by Gasteiger charge is -2.29. The molecule has 0 spiro atoms. The minimum Gasteiger partial charge on any atom is -0.444 e. The van der Waals surface area contributed by atoms with E-state index < -0.39 is 10.5 Å². The van der Waals surface area contributed by atoms with Gasteiger partial charge in [-0.2, -0.15) is 0 Å². The van der Waals surface area contributed by atoms with Crippen molar-refractivity contribution in [2.75, 3.05) is 18.4 Å². The summed E-state index contributed by atoms with van der Waals surface area (Å²) < 4.78 is 5.35. The van der Waals surface area contributed by atoms with Gasteiger partial charge in [0.05, 0.1) is 4.92 Å². The van der Waals surface area contributed by atoms with Crippen LogP contribution in [0.1, 0.15) is 39.7 Å². The number of nitro benzene ring substituents is 1.